The van der Waals surface area contributed by atoms with Crippen LogP contribution in [0, 0.1) is 17.2 Å². The number of nitrogens with zero attached hydrogens (tertiary/aromatic N) is 1. The van der Waals surface area contributed by atoms with Crippen molar-refractivity contribution in [2.75, 3.05) is 0 Å². The molecule has 0 spiro atoms. The lowest BCUT2D eigenvalue weighted by atomic mass is 9.59. The zero-order chi connectivity index (χ0) is 10.9. The number of nitriles is 1. The molecule has 0 aliphatic heterocycles. The van der Waals surface area contributed by atoms with Crippen LogP contribution in [0.3, 0.4) is 0 Å². The Hall–Kier alpha value is -0.810. The molecule has 0 radical (unpaired) electrons. The lowest BCUT2D eigenvalue weighted by Crippen LogP contribution is -2.39. The van der Waals surface area contributed by atoms with Crippen molar-refractivity contribution in [3.05, 3.63) is 34.3 Å². The van der Waals surface area contributed by atoms with E-state index in [-0.39, 0.29) is 5.41 Å². The molecule has 1 aliphatic carbocycles. The van der Waals surface area contributed by atoms with E-state index in [0.29, 0.717) is 0 Å². The van der Waals surface area contributed by atoms with Gasteiger partial charge in [0.25, 0.3) is 0 Å². The van der Waals surface area contributed by atoms with Gasteiger partial charge in [0.2, 0.25) is 0 Å². The fourth-order valence-corrected chi connectivity index (χ4v) is 2.64. The second-order valence-corrected chi connectivity index (χ2v) is 5.30. The van der Waals surface area contributed by atoms with E-state index in [1.54, 1.807) is 0 Å². The first-order valence-corrected chi connectivity index (χ1v) is 6.17. The van der Waals surface area contributed by atoms with Crippen molar-refractivity contribution in [1.29, 1.82) is 5.26 Å². The largest absolute Gasteiger partial charge is 0.197 e. The maximum Gasteiger partial charge on any atom is 0.0827 e. The molecule has 15 heavy (non-hydrogen) atoms. The van der Waals surface area contributed by atoms with E-state index in [2.05, 4.69) is 41.1 Å². The summed E-state index contributed by atoms with van der Waals surface area (Å²) in [5.74, 6) is 0.744. The molecule has 1 aromatic rings. The smallest absolute Gasteiger partial charge is 0.0827 e. The molecule has 0 aromatic heterocycles. The average molecular weight is 264 g/mol. The second kappa shape index (κ2) is 3.98. The third kappa shape index (κ3) is 1.81. The van der Waals surface area contributed by atoms with Gasteiger partial charge in [0.1, 0.15) is 0 Å². The van der Waals surface area contributed by atoms with Crippen LogP contribution in [0.15, 0.2) is 28.7 Å². The Bertz CT molecular complexity index is 382. The Morgan fingerprint density at radius 1 is 1.40 bits per heavy atom. The fraction of sp³-hybridized carbons (Fsp3) is 0.462. The van der Waals surface area contributed by atoms with E-state index < -0.39 is 0 Å². The topological polar surface area (TPSA) is 23.8 Å². The van der Waals surface area contributed by atoms with Gasteiger partial charge in [-0.3, -0.25) is 0 Å². The number of rotatable bonds is 2. The first kappa shape index (κ1) is 10.7. The van der Waals surface area contributed by atoms with E-state index in [1.807, 2.05) is 12.1 Å². The number of halogens is 1. The van der Waals surface area contributed by atoms with Crippen LogP contribution in [0.25, 0.3) is 0 Å². The number of hydrogen-bond acceptors (Lipinski definition) is 1. The van der Waals surface area contributed by atoms with Crippen LogP contribution in [0.2, 0.25) is 0 Å². The summed E-state index contributed by atoms with van der Waals surface area (Å²) < 4.78 is 1.07. The molecule has 2 rings (SSSR count). The van der Waals surface area contributed by atoms with Crippen LogP contribution in [0.4, 0.5) is 0 Å². The van der Waals surface area contributed by atoms with Crippen LogP contribution in [-0.4, -0.2) is 0 Å². The third-order valence-electron chi connectivity index (χ3n) is 3.46. The molecule has 0 bridgehead atoms. The summed E-state index contributed by atoms with van der Waals surface area (Å²) in [6.07, 6.45) is 3.25. The van der Waals surface area contributed by atoms with Gasteiger partial charge in [0.05, 0.1) is 11.5 Å². The predicted molar refractivity (Wildman–Crippen MR) is 64.4 cm³/mol. The van der Waals surface area contributed by atoms with Crippen molar-refractivity contribution in [2.45, 2.75) is 31.6 Å². The van der Waals surface area contributed by atoms with E-state index in [0.717, 1.165) is 23.2 Å². The van der Waals surface area contributed by atoms with Crippen LogP contribution < -0.4 is 0 Å². The average Bonchev–Trinajstić information content (AvgIpc) is 2.20. The van der Waals surface area contributed by atoms with Gasteiger partial charge in [-0.1, -0.05) is 41.4 Å². The normalized spacial score (nSPS) is 29.3. The molecule has 0 amide bonds. The van der Waals surface area contributed by atoms with Crippen molar-refractivity contribution in [1.82, 2.24) is 0 Å². The van der Waals surface area contributed by atoms with Gasteiger partial charge < -0.3 is 0 Å². The van der Waals surface area contributed by atoms with Crippen molar-refractivity contribution in [3.8, 4) is 6.07 Å². The SMILES string of the molecule is CCC1CC(C#N)(c2ccc(Br)cc2)C1. The minimum atomic E-state index is -0.193. The molecule has 0 saturated heterocycles. The van der Waals surface area contributed by atoms with Crippen molar-refractivity contribution >= 4 is 15.9 Å². The molecular weight excluding hydrogens is 250 g/mol. The van der Waals surface area contributed by atoms with E-state index in [4.69, 9.17) is 0 Å². The maximum absolute atomic E-state index is 9.31. The Morgan fingerprint density at radius 3 is 2.47 bits per heavy atom. The van der Waals surface area contributed by atoms with E-state index in [9.17, 15) is 5.26 Å². The van der Waals surface area contributed by atoms with Gasteiger partial charge in [-0.05, 0) is 36.5 Å². The molecule has 1 saturated carbocycles. The van der Waals surface area contributed by atoms with Gasteiger partial charge in [-0.2, -0.15) is 5.26 Å². The minimum Gasteiger partial charge on any atom is -0.197 e. The Labute approximate surface area is 99.2 Å². The predicted octanol–water partition coefficient (Wildman–Crippen LogP) is 4.03. The van der Waals surface area contributed by atoms with Crippen LogP contribution in [-0.2, 0) is 5.41 Å². The van der Waals surface area contributed by atoms with Gasteiger partial charge in [-0.15, -0.1) is 0 Å². The molecule has 1 nitrogen and oxygen atoms in total. The third-order valence-corrected chi connectivity index (χ3v) is 3.99. The molecule has 0 heterocycles. The van der Waals surface area contributed by atoms with Crippen LogP contribution in [0.1, 0.15) is 31.7 Å². The molecule has 0 N–H and O–H groups in total. The second-order valence-electron chi connectivity index (χ2n) is 4.38. The Morgan fingerprint density at radius 2 is 2.00 bits per heavy atom. The first-order valence-electron chi connectivity index (χ1n) is 5.37. The molecule has 78 valence electrons. The minimum absolute atomic E-state index is 0.193. The Kier molecular flexibility index (Phi) is 2.84. The zero-order valence-corrected chi connectivity index (χ0v) is 10.4. The van der Waals surface area contributed by atoms with Gasteiger partial charge in [-0.25, -0.2) is 0 Å². The van der Waals surface area contributed by atoms with Crippen LogP contribution in [0.5, 0.6) is 0 Å². The van der Waals surface area contributed by atoms with Gasteiger partial charge in [0, 0.05) is 4.47 Å². The summed E-state index contributed by atoms with van der Waals surface area (Å²) in [6.45, 7) is 2.20. The number of benzene rings is 1. The maximum atomic E-state index is 9.31. The van der Waals surface area contributed by atoms with Crippen molar-refractivity contribution < 1.29 is 0 Å². The van der Waals surface area contributed by atoms with Crippen molar-refractivity contribution in [2.24, 2.45) is 5.92 Å². The summed E-state index contributed by atoms with van der Waals surface area (Å²) in [4.78, 5) is 0. The first-order chi connectivity index (χ1) is 7.20. The lowest BCUT2D eigenvalue weighted by molar-refractivity contribution is 0.192. The highest BCUT2D eigenvalue weighted by Gasteiger charge is 2.44. The number of hydrogen-bond donors (Lipinski definition) is 0. The summed E-state index contributed by atoms with van der Waals surface area (Å²) >= 11 is 3.42. The van der Waals surface area contributed by atoms with E-state index in [1.165, 1.54) is 12.0 Å². The molecule has 1 aliphatic rings. The molecule has 2 heteroatoms. The zero-order valence-electron chi connectivity index (χ0n) is 8.83. The summed E-state index contributed by atoms with van der Waals surface area (Å²) in [7, 11) is 0. The quantitative estimate of drug-likeness (QED) is 0.791. The highest BCUT2D eigenvalue weighted by atomic mass is 79.9. The van der Waals surface area contributed by atoms with E-state index >= 15 is 0 Å². The standard InChI is InChI=1S/C13H14BrN/c1-2-10-7-13(8-10,9-15)11-3-5-12(14)6-4-11/h3-6,10H,2,7-8H2,1H3. The molecular formula is C13H14BrN. The van der Waals surface area contributed by atoms with Gasteiger partial charge in [0.15, 0.2) is 0 Å². The molecule has 1 fully saturated rings. The summed E-state index contributed by atoms with van der Waals surface area (Å²) in [5, 5.41) is 9.31. The lowest BCUT2D eigenvalue weighted by Gasteiger charge is -2.42. The van der Waals surface area contributed by atoms with Crippen molar-refractivity contribution in [3.63, 3.8) is 0 Å². The van der Waals surface area contributed by atoms with Gasteiger partial charge >= 0.3 is 0 Å². The summed E-state index contributed by atoms with van der Waals surface area (Å²) in [5.41, 5.74) is 0.986. The highest BCUT2D eigenvalue weighted by Crippen LogP contribution is 2.48. The Balaban J connectivity index is 2.23. The fourth-order valence-electron chi connectivity index (χ4n) is 2.37. The monoisotopic (exact) mass is 263 g/mol. The molecule has 1 aromatic carbocycles. The van der Waals surface area contributed by atoms with Crippen LogP contribution >= 0.6 is 15.9 Å². The molecule has 0 atom stereocenters. The highest BCUT2D eigenvalue weighted by molar-refractivity contribution is 9.10. The molecule has 0 unspecified atom stereocenters. The summed E-state index contributed by atoms with van der Waals surface area (Å²) in [6, 6.07) is 10.7.